The highest BCUT2D eigenvalue weighted by molar-refractivity contribution is 5.71. The topological polar surface area (TPSA) is 78.9 Å². The summed E-state index contributed by atoms with van der Waals surface area (Å²) in [6, 6.07) is 0. The maximum atomic E-state index is 13.0. The van der Waals surface area contributed by atoms with Gasteiger partial charge in [-0.3, -0.25) is 14.4 Å². The molecule has 482 valence electrons. The van der Waals surface area contributed by atoms with Gasteiger partial charge in [0.1, 0.15) is 13.2 Å². The molecule has 0 spiro atoms. The van der Waals surface area contributed by atoms with E-state index >= 15 is 0 Å². The van der Waals surface area contributed by atoms with Gasteiger partial charge in [-0.1, -0.05) is 363 Å². The molecule has 0 amide bonds. The van der Waals surface area contributed by atoms with Crippen molar-refractivity contribution in [1.82, 2.24) is 0 Å². The highest BCUT2D eigenvalue weighted by Crippen LogP contribution is 2.18. The number of rotatable bonds is 67. The van der Waals surface area contributed by atoms with Gasteiger partial charge in [0.2, 0.25) is 0 Å². The fourth-order valence-corrected chi connectivity index (χ4v) is 10.8. The highest BCUT2D eigenvalue weighted by Gasteiger charge is 2.19. The molecule has 0 N–H and O–H groups in total. The van der Waals surface area contributed by atoms with Crippen LogP contribution in [0.1, 0.15) is 380 Å². The van der Waals surface area contributed by atoms with Gasteiger partial charge in [-0.25, -0.2) is 0 Å². The summed E-state index contributed by atoms with van der Waals surface area (Å²) in [6.07, 6.45) is 93.6. The van der Waals surface area contributed by atoms with Crippen molar-refractivity contribution in [2.45, 2.75) is 386 Å². The molecule has 0 saturated heterocycles. The lowest BCUT2D eigenvalue weighted by atomic mass is 10.0. The lowest BCUT2D eigenvalue weighted by molar-refractivity contribution is -0.167. The quantitative estimate of drug-likeness (QED) is 0.0261. The number of carbonyl (C=O) groups is 3. The van der Waals surface area contributed by atoms with Crippen molar-refractivity contribution in [2.75, 3.05) is 13.2 Å². The van der Waals surface area contributed by atoms with Gasteiger partial charge < -0.3 is 14.2 Å². The Hall–Kier alpha value is -3.15. The third kappa shape index (κ3) is 69.5. The summed E-state index contributed by atoms with van der Waals surface area (Å²) in [5, 5.41) is 0. The second-order valence-electron chi connectivity index (χ2n) is 24.5. The van der Waals surface area contributed by atoms with E-state index in [2.05, 4.69) is 93.7 Å². The number of unbranched alkanes of at least 4 members (excludes halogenated alkanes) is 44. The first kappa shape index (κ1) is 79.8. The van der Waals surface area contributed by atoms with Gasteiger partial charge in [-0.15, -0.1) is 0 Å². The van der Waals surface area contributed by atoms with Crippen LogP contribution in [0.2, 0.25) is 0 Å². The molecule has 0 rings (SSSR count). The monoisotopic (exact) mass is 1160 g/mol. The van der Waals surface area contributed by atoms with Crippen LogP contribution in [-0.2, 0) is 28.6 Å². The summed E-state index contributed by atoms with van der Waals surface area (Å²) in [5.41, 5.74) is 0. The van der Waals surface area contributed by atoms with E-state index in [1.165, 1.54) is 244 Å². The maximum absolute atomic E-state index is 13.0. The number of hydrogen-bond acceptors (Lipinski definition) is 6. The third-order valence-corrected chi connectivity index (χ3v) is 16.2. The van der Waals surface area contributed by atoms with Gasteiger partial charge in [-0.2, -0.15) is 0 Å². The zero-order valence-corrected chi connectivity index (χ0v) is 55.5. The van der Waals surface area contributed by atoms with Crippen LogP contribution in [0.15, 0.2) is 72.9 Å². The first-order valence-electron chi connectivity index (χ1n) is 36.4. The molecule has 6 nitrogen and oxygen atoms in total. The van der Waals surface area contributed by atoms with E-state index in [4.69, 9.17) is 14.2 Å². The Morgan fingerprint density at radius 2 is 0.470 bits per heavy atom. The summed E-state index contributed by atoms with van der Waals surface area (Å²) in [4.78, 5) is 38.5. The Kier molecular flexibility index (Phi) is 68.6. The second kappa shape index (κ2) is 71.3. The van der Waals surface area contributed by atoms with E-state index in [0.717, 1.165) is 96.3 Å². The van der Waals surface area contributed by atoms with Crippen molar-refractivity contribution in [2.24, 2.45) is 0 Å². The van der Waals surface area contributed by atoms with Crippen molar-refractivity contribution in [3.8, 4) is 0 Å². The van der Waals surface area contributed by atoms with Gasteiger partial charge >= 0.3 is 17.9 Å². The van der Waals surface area contributed by atoms with Crippen LogP contribution in [0.5, 0.6) is 0 Å². The molecule has 0 saturated carbocycles. The summed E-state index contributed by atoms with van der Waals surface area (Å²) >= 11 is 0. The van der Waals surface area contributed by atoms with Crippen LogP contribution in [0.25, 0.3) is 0 Å². The van der Waals surface area contributed by atoms with Crippen LogP contribution in [0.3, 0.4) is 0 Å². The predicted molar refractivity (Wildman–Crippen MR) is 362 cm³/mol. The Labute approximate surface area is 516 Å². The minimum atomic E-state index is -0.775. The van der Waals surface area contributed by atoms with Crippen LogP contribution in [0, 0.1) is 0 Å². The van der Waals surface area contributed by atoms with E-state index in [1.807, 2.05) is 0 Å². The molecular weight excluding hydrogens is 1020 g/mol. The normalized spacial score (nSPS) is 12.5. The third-order valence-electron chi connectivity index (χ3n) is 16.2. The Morgan fingerprint density at radius 3 is 0.735 bits per heavy atom. The lowest BCUT2D eigenvalue weighted by Gasteiger charge is -2.18. The SMILES string of the molecule is CC/C=C\C/C=C\C/C=C\C/C=C\C/C=C\C/C=C\CCCCCCCCCCCCC(=O)OCC(COC(=O)CCCCCCCCCCCCCCCCCC)OC(=O)CCCCCCCCCCCCCCCCCCCCCC. The molecule has 0 radical (unpaired) electrons. The molecule has 0 aromatic heterocycles. The van der Waals surface area contributed by atoms with Crippen molar-refractivity contribution in [3.63, 3.8) is 0 Å². The van der Waals surface area contributed by atoms with Crippen LogP contribution in [0.4, 0.5) is 0 Å². The second-order valence-corrected chi connectivity index (χ2v) is 24.5. The molecule has 0 aliphatic heterocycles. The van der Waals surface area contributed by atoms with Gasteiger partial charge in [0.15, 0.2) is 6.10 Å². The molecule has 6 heteroatoms. The van der Waals surface area contributed by atoms with E-state index in [-0.39, 0.29) is 31.1 Å². The molecule has 0 aromatic rings. The minimum absolute atomic E-state index is 0.0700. The van der Waals surface area contributed by atoms with Crippen molar-refractivity contribution >= 4 is 17.9 Å². The van der Waals surface area contributed by atoms with Crippen molar-refractivity contribution in [1.29, 1.82) is 0 Å². The van der Waals surface area contributed by atoms with Crippen LogP contribution in [-0.4, -0.2) is 37.2 Å². The summed E-state index contributed by atoms with van der Waals surface area (Å²) in [6.45, 7) is 6.60. The van der Waals surface area contributed by atoms with Gasteiger partial charge in [0.25, 0.3) is 0 Å². The first-order valence-corrected chi connectivity index (χ1v) is 36.4. The van der Waals surface area contributed by atoms with E-state index in [9.17, 15) is 14.4 Å². The van der Waals surface area contributed by atoms with E-state index in [1.54, 1.807) is 0 Å². The minimum Gasteiger partial charge on any atom is -0.462 e. The molecule has 1 atom stereocenters. The maximum Gasteiger partial charge on any atom is 0.306 e. The number of allylic oxidation sites excluding steroid dienone is 12. The Morgan fingerprint density at radius 1 is 0.253 bits per heavy atom. The molecular formula is C77H138O6. The fraction of sp³-hybridized carbons (Fsp3) is 0.805. The lowest BCUT2D eigenvalue weighted by Crippen LogP contribution is -2.30. The Bertz CT molecular complexity index is 1520. The van der Waals surface area contributed by atoms with Crippen LogP contribution >= 0.6 is 0 Å². The number of esters is 3. The van der Waals surface area contributed by atoms with Gasteiger partial charge in [0, 0.05) is 19.3 Å². The zero-order valence-electron chi connectivity index (χ0n) is 55.5. The first-order chi connectivity index (χ1) is 41.0. The number of hydrogen-bond donors (Lipinski definition) is 0. The van der Waals surface area contributed by atoms with E-state index in [0.29, 0.717) is 19.3 Å². The standard InChI is InChI=1S/C77H138O6/c1-4-7-10-13-16-19-22-25-28-31-33-35-36-37-38-39-40-41-42-43-45-46-49-52-55-58-61-64-67-70-76(79)82-73-74(72-81-75(78)69-66-63-60-57-54-51-48-30-27-24-21-18-15-12-9-6-3)83-77(80)71-68-65-62-59-56-53-50-47-44-34-32-29-26-23-20-17-14-11-8-5-2/h7,10,16,19,25,28,33,35,37-38,40-41,74H,4-6,8-9,11-15,17-18,20-24,26-27,29-32,34,36,39,42-73H2,1-3H3/b10-7-,19-16-,28-25-,35-33-,38-37-,41-40-. The molecule has 0 aliphatic carbocycles. The molecule has 83 heavy (non-hydrogen) atoms. The van der Waals surface area contributed by atoms with Crippen molar-refractivity contribution < 1.29 is 28.6 Å². The predicted octanol–water partition coefficient (Wildman–Crippen LogP) is 25.2. The average Bonchev–Trinajstić information content (AvgIpc) is 3.50. The van der Waals surface area contributed by atoms with Gasteiger partial charge in [0.05, 0.1) is 0 Å². The highest BCUT2D eigenvalue weighted by atomic mass is 16.6. The average molecular weight is 1160 g/mol. The largest absolute Gasteiger partial charge is 0.462 e. The molecule has 0 fully saturated rings. The summed E-state index contributed by atoms with van der Waals surface area (Å²) in [5.74, 6) is -0.847. The molecule has 0 heterocycles. The summed E-state index contributed by atoms with van der Waals surface area (Å²) < 4.78 is 17.0. The molecule has 1 unspecified atom stereocenters. The van der Waals surface area contributed by atoms with E-state index < -0.39 is 6.10 Å². The summed E-state index contributed by atoms with van der Waals surface area (Å²) in [7, 11) is 0. The van der Waals surface area contributed by atoms with Gasteiger partial charge in [-0.05, 0) is 70.6 Å². The molecule has 0 aromatic carbocycles. The molecule has 0 bridgehead atoms. The fourth-order valence-electron chi connectivity index (χ4n) is 10.8. The van der Waals surface area contributed by atoms with Crippen LogP contribution < -0.4 is 0 Å². The smallest absolute Gasteiger partial charge is 0.306 e. The Balaban J connectivity index is 4.29. The zero-order chi connectivity index (χ0) is 59.9. The number of ether oxygens (including phenoxy) is 3. The number of carbonyl (C=O) groups excluding carboxylic acids is 3. The van der Waals surface area contributed by atoms with Crippen molar-refractivity contribution in [3.05, 3.63) is 72.9 Å². The molecule has 0 aliphatic rings.